The van der Waals surface area contributed by atoms with Gasteiger partial charge in [-0.15, -0.1) is 0 Å². The van der Waals surface area contributed by atoms with Gasteiger partial charge in [0.05, 0.1) is 0 Å². The van der Waals surface area contributed by atoms with Crippen molar-refractivity contribution in [3.8, 4) is 0 Å². The van der Waals surface area contributed by atoms with Gasteiger partial charge in [0.1, 0.15) is 0 Å². The van der Waals surface area contributed by atoms with Gasteiger partial charge in [0, 0.05) is 0 Å². The van der Waals surface area contributed by atoms with Gasteiger partial charge in [-0.2, -0.15) is 0 Å². The van der Waals surface area contributed by atoms with Crippen LogP contribution < -0.4 is 0 Å². The molecule has 0 radical (unpaired) electrons. The number of benzene rings is 1. The van der Waals surface area contributed by atoms with Gasteiger partial charge in [-0.1, -0.05) is 37.3 Å². The molecule has 2 rings (SSSR count). The van der Waals surface area contributed by atoms with Crippen LogP contribution in [0.1, 0.15) is 19.4 Å². The molecule has 3 nitrogen and oxygen atoms in total. The molecule has 1 aliphatic rings. The molecule has 0 bridgehead atoms. The third-order valence-corrected chi connectivity index (χ3v) is 2.65. The number of hydrogen-bond donors (Lipinski definition) is 0. The second-order valence-electron chi connectivity index (χ2n) is 3.76. The van der Waals surface area contributed by atoms with Gasteiger partial charge >= 0.3 is 13.1 Å². The van der Waals surface area contributed by atoms with E-state index in [4.69, 9.17) is 9.31 Å². The van der Waals surface area contributed by atoms with Crippen LogP contribution in [0.5, 0.6) is 0 Å². The van der Waals surface area contributed by atoms with Crippen LogP contribution in [0.2, 0.25) is 6.32 Å². The highest BCUT2D eigenvalue weighted by Gasteiger charge is 2.49. The Morgan fingerprint density at radius 2 is 2.00 bits per heavy atom. The fourth-order valence-corrected chi connectivity index (χ4v) is 1.68. The molecule has 0 saturated carbocycles. The minimum Gasteiger partial charge on any atom is -0.507 e. The van der Waals surface area contributed by atoms with Crippen molar-refractivity contribution in [3.05, 3.63) is 35.9 Å². The van der Waals surface area contributed by atoms with Crippen LogP contribution in [0.15, 0.2) is 30.3 Å². The summed E-state index contributed by atoms with van der Waals surface area (Å²) in [6, 6.07) is 9.43. The van der Waals surface area contributed by atoms with E-state index in [9.17, 15) is 4.79 Å². The summed E-state index contributed by atoms with van der Waals surface area (Å²) in [5.74, 6) is -0.305. The predicted octanol–water partition coefficient (Wildman–Crippen LogP) is 1.98. The Balaban J connectivity index is 2.32. The average Bonchev–Trinajstić information content (AvgIpc) is 2.57. The first-order chi connectivity index (χ1) is 7.16. The van der Waals surface area contributed by atoms with E-state index in [1.807, 2.05) is 37.3 Å². The highest BCUT2D eigenvalue weighted by atomic mass is 16.7. The van der Waals surface area contributed by atoms with Gasteiger partial charge < -0.3 is 9.31 Å². The van der Waals surface area contributed by atoms with Crippen LogP contribution in [0.4, 0.5) is 0 Å². The van der Waals surface area contributed by atoms with Crippen molar-refractivity contribution in [2.45, 2.75) is 25.8 Å². The number of hydrogen-bond acceptors (Lipinski definition) is 3. The van der Waals surface area contributed by atoms with Crippen molar-refractivity contribution < 1.29 is 14.1 Å². The SMILES string of the molecule is CCB1OC(=O)C(C)(c2ccccc2)O1. The molecule has 0 aromatic heterocycles. The molecule has 1 aromatic carbocycles. The van der Waals surface area contributed by atoms with Crippen LogP contribution >= 0.6 is 0 Å². The maximum absolute atomic E-state index is 11.7. The topological polar surface area (TPSA) is 35.5 Å². The number of carbonyl (C=O) groups excluding carboxylic acids is 1. The lowest BCUT2D eigenvalue weighted by Crippen LogP contribution is -2.29. The minimum absolute atomic E-state index is 0.305. The maximum Gasteiger partial charge on any atom is 0.528 e. The molecule has 1 aromatic rings. The van der Waals surface area contributed by atoms with Crippen molar-refractivity contribution in [2.75, 3.05) is 0 Å². The fourth-order valence-electron chi connectivity index (χ4n) is 1.68. The van der Waals surface area contributed by atoms with Crippen LogP contribution in [0, 0.1) is 0 Å². The molecular formula is C11H13BO3. The van der Waals surface area contributed by atoms with Crippen LogP contribution in [-0.2, 0) is 19.7 Å². The average molecular weight is 204 g/mol. The molecule has 1 unspecified atom stereocenters. The molecule has 0 amide bonds. The quantitative estimate of drug-likeness (QED) is 0.691. The molecule has 15 heavy (non-hydrogen) atoms. The molecule has 78 valence electrons. The highest BCUT2D eigenvalue weighted by molar-refractivity contribution is 6.49. The first-order valence-corrected chi connectivity index (χ1v) is 5.11. The second-order valence-corrected chi connectivity index (χ2v) is 3.76. The lowest BCUT2D eigenvalue weighted by Gasteiger charge is -2.19. The molecule has 4 heteroatoms. The third kappa shape index (κ3) is 1.65. The summed E-state index contributed by atoms with van der Waals surface area (Å²) < 4.78 is 10.7. The Bertz CT molecular complexity index is 365. The predicted molar refractivity (Wildman–Crippen MR) is 57.2 cm³/mol. The standard InChI is InChI=1S/C11H13BO3/c1-3-12-14-10(13)11(2,15-12)9-7-5-4-6-8-9/h4-8H,3H2,1-2H3. The van der Waals surface area contributed by atoms with Crippen LogP contribution in [0.3, 0.4) is 0 Å². The van der Waals surface area contributed by atoms with Gasteiger partial charge in [0.25, 0.3) is 0 Å². The van der Waals surface area contributed by atoms with E-state index in [0.29, 0.717) is 6.32 Å². The molecule has 1 atom stereocenters. The van der Waals surface area contributed by atoms with Gasteiger partial charge in [-0.05, 0) is 18.8 Å². The van der Waals surface area contributed by atoms with E-state index in [0.717, 1.165) is 5.56 Å². The second kappa shape index (κ2) is 3.70. The Hall–Kier alpha value is -1.29. The smallest absolute Gasteiger partial charge is 0.507 e. The number of rotatable bonds is 2. The lowest BCUT2D eigenvalue weighted by atomic mass is 9.86. The first-order valence-electron chi connectivity index (χ1n) is 5.11. The summed E-state index contributed by atoms with van der Waals surface area (Å²) in [6.07, 6.45) is 0.675. The summed E-state index contributed by atoms with van der Waals surface area (Å²) >= 11 is 0. The van der Waals surface area contributed by atoms with Crippen molar-refractivity contribution in [1.29, 1.82) is 0 Å². The van der Waals surface area contributed by atoms with E-state index in [1.54, 1.807) is 6.92 Å². The molecule has 0 aliphatic carbocycles. The van der Waals surface area contributed by atoms with E-state index in [1.165, 1.54) is 0 Å². The Kier molecular flexibility index (Phi) is 2.53. The summed E-state index contributed by atoms with van der Waals surface area (Å²) in [5.41, 5.74) is -0.104. The van der Waals surface area contributed by atoms with Gasteiger partial charge in [-0.3, -0.25) is 4.79 Å². The van der Waals surface area contributed by atoms with E-state index < -0.39 is 12.7 Å². The Labute approximate surface area is 89.5 Å². The van der Waals surface area contributed by atoms with Crippen molar-refractivity contribution in [3.63, 3.8) is 0 Å². The lowest BCUT2D eigenvalue weighted by molar-refractivity contribution is -0.142. The normalized spacial score (nSPS) is 25.5. The van der Waals surface area contributed by atoms with E-state index in [2.05, 4.69) is 0 Å². The number of carbonyl (C=O) groups is 1. The van der Waals surface area contributed by atoms with Crippen molar-refractivity contribution in [1.82, 2.24) is 0 Å². The molecule has 1 saturated heterocycles. The largest absolute Gasteiger partial charge is 0.528 e. The molecule has 1 fully saturated rings. The third-order valence-electron chi connectivity index (χ3n) is 2.65. The zero-order valence-corrected chi connectivity index (χ0v) is 8.90. The zero-order valence-electron chi connectivity index (χ0n) is 8.90. The molecular weight excluding hydrogens is 191 g/mol. The van der Waals surface area contributed by atoms with Gasteiger partial charge in [0.2, 0.25) is 0 Å². The van der Waals surface area contributed by atoms with E-state index in [-0.39, 0.29) is 5.97 Å². The monoisotopic (exact) mass is 204 g/mol. The summed E-state index contributed by atoms with van der Waals surface area (Å²) in [6.45, 7) is 3.68. The first kappa shape index (κ1) is 10.2. The van der Waals surface area contributed by atoms with Gasteiger partial charge in [-0.25, -0.2) is 0 Å². The van der Waals surface area contributed by atoms with Gasteiger partial charge in [0.15, 0.2) is 5.60 Å². The van der Waals surface area contributed by atoms with Crippen LogP contribution in [0.25, 0.3) is 0 Å². The summed E-state index contributed by atoms with van der Waals surface area (Å²) in [4.78, 5) is 11.7. The van der Waals surface area contributed by atoms with E-state index >= 15 is 0 Å². The Morgan fingerprint density at radius 1 is 1.33 bits per heavy atom. The minimum atomic E-state index is -0.943. The van der Waals surface area contributed by atoms with Crippen LogP contribution in [-0.4, -0.2) is 13.1 Å². The molecule has 0 spiro atoms. The van der Waals surface area contributed by atoms with Crippen molar-refractivity contribution >= 4 is 13.1 Å². The Morgan fingerprint density at radius 3 is 2.53 bits per heavy atom. The fraction of sp³-hybridized carbons (Fsp3) is 0.364. The maximum atomic E-state index is 11.7. The molecule has 1 aliphatic heterocycles. The summed E-state index contributed by atoms with van der Waals surface area (Å²) in [7, 11) is -0.414. The van der Waals surface area contributed by atoms with Crippen molar-refractivity contribution in [2.24, 2.45) is 0 Å². The zero-order chi connectivity index (χ0) is 10.9. The highest BCUT2D eigenvalue weighted by Crippen LogP contribution is 2.33. The summed E-state index contributed by atoms with van der Waals surface area (Å²) in [5, 5.41) is 0. The molecule has 1 heterocycles. The molecule has 0 N–H and O–H groups in total.